The zero-order valence-corrected chi connectivity index (χ0v) is 18.4. The molecule has 1 atom stereocenters. The van der Waals surface area contributed by atoms with E-state index in [0.29, 0.717) is 24.6 Å². The summed E-state index contributed by atoms with van der Waals surface area (Å²) in [6.07, 6.45) is 6.06. The number of nitrogens with one attached hydrogen (secondary N) is 3. The third-order valence-electron chi connectivity index (χ3n) is 6.00. The Kier molecular flexibility index (Phi) is 5.57. The molecule has 0 aliphatic carbocycles. The molecule has 3 N–H and O–H groups in total. The fourth-order valence-electron chi connectivity index (χ4n) is 4.36. The van der Waals surface area contributed by atoms with E-state index in [0.717, 1.165) is 53.5 Å². The number of aromatic amines is 2. The molecule has 5 rings (SSSR count). The van der Waals surface area contributed by atoms with Crippen molar-refractivity contribution in [1.29, 1.82) is 0 Å². The number of H-pyrrole nitrogens is 2. The molecule has 166 valence electrons. The zero-order valence-electron chi connectivity index (χ0n) is 17.7. The van der Waals surface area contributed by atoms with Gasteiger partial charge in [0.1, 0.15) is 11.3 Å². The lowest BCUT2D eigenvalue weighted by Crippen LogP contribution is -2.44. The van der Waals surface area contributed by atoms with Crippen LogP contribution in [0.2, 0.25) is 5.28 Å². The van der Waals surface area contributed by atoms with Crippen molar-refractivity contribution in [3.05, 3.63) is 41.6 Å². The Hall–Kier alpha value is -3.33. The Bertz CT molecular complexity index is 1270. The monoisotopic (exact) mass is 453 g/mol. The minimum absolute atomic E-state index is 0.0631. The molecule has 1 aliphatic heterocycles. The zero-order chi connectivity index (χ0) is 22.1. The number of imidazole rings is 1. The highest BCUT2D eigenvalue weighted by molar-refractivity contribution is 6.28. The largest absolute Gasteiger partial charge is 0.497 e. The van der Waals surface area contributed by atoms with E-state index in [9.17, 15) is 4.79 Å². The van der Waals surface area contributed by atoms with E-state index < -0.39 is 0 Å². The number of halogens is 1. The van der Waals surface area contributed by atoms with E-state index in [1.165, 1.54) is 0 Å². The van der Waals surface area contributed by atoms with Crippen molar-refractivity contribution in [2.24, 2.45) is 5.92 Å². The fourth-order valence-corrected chi connectivity index (χ4v) is 4.52. The first-order valence-corrected chi connectivity index (χ1v) is 11.0. The van der Waals surface area contributed by atoms with Crippen LogP contribution >= 0.6 is 11.6 Å². The van der Waals surface area contributed by atoms with E-state index in [-0.39, 0.29) is 17.1 Å². The van der Waals surface area contributed by atoms with Crippen molar-refractivity contribution in [3.63, 3.8) is 0 Å². The number of amides is 1. The lowest BCUT2D eigenvalue weighted by Gasteiger charge is -2.33. The van der Waals surface area contributed by atoms with Gasteiger partial charge in [-0.25, -0.2) is 4.98 Å². The smallest absolute Gasteiger partial charge is 0.226 e. The van der Waals surface area contributed by atoms with E-state index in [1.54, 1.807) is 13.4 Å². The summed E-state index contributed by atoms with van der Waals surface area (Å²) < 4.78 is 5.33. The fraction of sp³-hybridized carbons (Fsp3) is 0.364. The van der Waals surface area contributed by atoms with Crippen LogP contribution in [0.1, 0.15) is 18.4 Å². The maximum Gasteiger partial charge on any atom is 0.226 e. The third-order valence-corrected chi connectivity index (χ3v) is 6.17. The van der Waals surface area contributed by atoms with Crippen LogP contribution in [0.5, 0.6) is 5.75 Å². The van der Waals surface area contributed by atoms with Crippen molar-refractivity contribution < 1.29 is 9.53 Å². The Morgan fingerprint density at radius 2 is 2.25 bits per heavy atom. The average Bonchev–Trinajstić information content (AvgIpc) is 3.45. The second-order valence-electron chi connectivity index (χ2n) is 7.97. The first kappa shape index (κ1) is 20.6. The molecule has 1 aromatic carbocycles. The Morgan fingerprint density at radius 3 is 3.12 bits per heavy atom. The summed E-state index contributed by atoms with van der Waals surface area (Å²) in [5, 5.41) is 4.38. The van der Waals surface area contributed by atoms with Crippen molar-refractivity contribution in [1.82, 2.24) is 30.2 Å². The van der Waals surface area contributed by atoms with E-state index >= 15 is 0 Å². The van der Waals surface area contributed by atoms with Gasteiger partial charge in [-0.05, 0) is 54.6 Å². The predicted molar refractivity (Wildman–Crippen MR) is 123 cm³/mol. The SMILES string of the molecule is COc1ccc2[nH]cc(CCNC(=O)C3CCCN(c4nc(Cl)nc5nc[nH]c45)C3)c2c1. The molecular weight excluding hydrogens is 430 g/mol. The number of aromatic nitrogens is 5. The standard InChI is InChI=1S/C22H24ClN7O2/c1-32-15-4-5-17-16(9-15)13(10-25-17)6-7-24-21(31)14-3-2-8-30(11-14)20-18-19(27-12-26-18)28-22(23)29-20/h4-5,9-10,12,14,25H,2-3,6-8,11H2,1H3,(H,24,31)(H,26,27,28,29). The highest BCUT2D eigenvalue weighted by atomic mass is 35.5. The lowest BCUT2D eigenvalue weighted by molar-refractivity contribution is -0.125. The summed E-state index contributed by atoms with van der Waals surface area (Å²) in [6, 6.07) is 5.95. The number of anilines is 1. The molecule has 0 saturated carbocycles. The molecule has 0 spiro atoms. The molecule has 4 heterocycles. The molecule has 9 nitrogen and oxygen atoms in total. The summed E-state index contributed by atoms with van der Waals surface area (Å²) in [4.78, 5) is 34.1. The Balaban J connectivity index is 1.23. The molecule has 0 radical (unpaired) electrons. The van der Waals surface area contributed by atoms with E-state index in [4.69, 9.17) is 16.3 Å². The van der Waals surface area contributed by atoms with Crippen LogP contribution in [-0.2, 0) is 11.2 Å². The highest BCUT2D eigenvalue weighted by Gasteiger charge is 2.28. The van der Waals surface area contributed by atoms with Crippen LogP contribution in [-0.4, -0.2) is 57.6 Å². The number of hydrogen-bond acceptors (Lipinski definition) is 6. The number of piperidine rings is 1. The van der Waals surface area contributed by atoms with Gasteiger partial charge in [0, 0.05) is 36.7 Å². The summed E-state index contributed by atoms with van der Waals surface area (Å²) >= 11 is 6.08. The number of carbonyl (C=O) groups is 1. The van der Waals surface area contributed by atoms with Gasteiger partial charge in [-0.15, -0.1) is 0 Å². The van der Waals surface area contributed by atoms with Crippen molar-refractivity contribution in [3.8, 4) is 5.75 Å². The van der Waals surface area contributed by atoms with Gasteiger partial charge in [-0.2, -0.15) is 9.97 Å². The van der Waals surface area contributed by atoms with E-state index in [2.05, 4.69) is 35.1 Å². The molecule has 32 heavy (non-hydrogen) atoms. The normalized spacial score (nSPS) is 16.6. The van der Waals surface area contributed by atoms with Crippen LogP contribution < -0.4 is 15.0 Å². The molecule has 1 saturated heterocycles. The van der Waals surface area contributed by atoms with Gasteiger partial charge in [-0.3, -0.25) is 4.79 Å². The molecule has 0 bridgehead atoms. The van der Waals surface area contributed by atoms with Crippen LogP contribution in [0.3, 0.4) is 0 Å². The molecule has 3 aromatic heterocycles. The quantitative estimate of drug-likeness (QED) is 0.387. The topological polar surface area (TPSA) is 112 Å². The van der Waals surface area contributed by atoms with Crippen LogP contribution in [0.25, 0.3) is 22.1 Å². The van der Waals surface area contributed by atoms with Gasteiger partial charge in [0.2, 0.25) is 11.2 Å². The number of hydrogen-bond donors (Lipinski definition) is 3. The maximum absolute atomic E-state index is 12.9. The summed E-state index contributed by atoms with van der Waals surface area (Å²) in [6.45, 7) is 1.96. The van der Waals surface area contributed by atoms with E-state index in [1.807, 2.05) is 24.4 Å². The maximum atomic E-state index is 12.9. The molecule has 1 aliphatic rings. The molecule has 1 unspecified atom stereocenters. The summed E-state index contributed by atoms with van der Waals surface area (Å²) in [5.41, 5.74) is 3.48. The van der Waals surface area contributed by atoms with Crippen LogP contribution in [0, 0.1) is 5.92 Å². The molecule has 4 aromatic rings. The lowest BCUT2D eigenvalue weighted by atomic mass is 9.97. The predicted octanol–water partition coefficient (Wildman–Crippen LogP) is 3.07. The number of benzene rings is 1. The first-order chi connectivity index (χ1) is 15.6. The Morgan fingerprint density at radius 1 is 1.34 bits per heavy atom. The average molecular weight is 454 g/mol. The highest BCUT2D eigenvalue weighted by Crippen LogP contribution is 2.28. The van der Waals surface area contributed by atoms with Gasteiger partial charge in [0.15, 0.2) is 11.5 Å². The molecule has 1 fully saturated rings. The first-order valence-electron chi connectivity index (χ1n) is 10.7. The number of carbonyl (C=O) groups excluding carboxylic acids is 1. The second kappa shape index (κ2) is 8.66. The summed E-state index contributed by atoms with van der Waals surface area (Å²) in [5.74, 6) is 1.47. The van der Waals surface area contributed by atoms with Crippen LogP contribution in [0.4, 0.5) is 5.82 Å². The molecule has 1 amide bonds. The third kappa shape index (κ3) is 3.95. The number of ether oxygens (including phenoxy) is 1. The molecule has 10 heteroatoms. The van der Waals surface area contributed by atoms with Gasteiger partial charge < -0.3 is 24.9 Å². The van der Waals surface area contributed by atoms with Crippen LogP contribution in [0.15, 0.2) is 30.7 Å². The van der Waals surface area contributed by atoms with Crippen molar-refractivity contribution in [2.75, 3.05) is 31.6 Å². The summed E-state index contributed by atoms with van der Waals surface area (Å²) in [7, 11) is 1.66. The minimum Gasteiger partial charge on any atom is -0.497 e. The van der Waals surface area contributed by atoms with Gasteiger partial charge in [0.25, 0.3) is 0 Å². The van der Waals surface area contributed by atoms with Gasteiger partial charge in [0.05, 0.1) is 19.4 Å². The number of rotatable bonds is 6. The van der Waals surface area contributed by atoms with Gasteiger partial charge in [-0.1, -0.05) is 0 Å². The number of fused-ring (bicyclic) bond motifs is 2. The minimum atomic E-state index is -0.112. The van der Waals surface area contributed by atoms with Crippen molar-refractivity contribution >= 4 is 45.4 Å². The second-order valence-corrected chi connectivity index (χ2v) is 8.31. The number of nitrogens with zero attached hydrogens (tertiary/aromatic N) is 4. The number of methoxy groups -OCH3 is 1. The molecular formula is C22H24ClN7O2. The van der Waals surface area contributed by atoms with Gasteiger partial charge >= 0.3 is 0 Å². The van der Waals surface area contributed by atoms with Crippen molar-refractivity contribution in [2.45, 2.75) is 19.3 Å². The Labute approximate surface area is 189 Å².